The number of aromatic nitrogens is 2. The van der Waals surface area contributed by atoms with Crippen LogP contribution < -0.4 is 16.5 Å². The number of hydrogen-bond donors (Lipinski definition) is 5. The van der Waals surface area contributed by atoms with Crippen LogP contribution in [0.3, 0.4) is 0 Å². The van der Waals surface area contributed by atoms with E-state index in [-0.39, 0.29) is 29.9 Å². The van der Waals surface area contributed by atoms with Gasteiger partial charge in [0.1, 0.15) is 0 Å². The van der Waals surface area contributed by atoms with Gasteiger partial charge in [-0.15, -0.1) is 0 Å². The monoisotopic (exact) mass is 630 g/mol. The van der Waals surface area contributed by atoms with E-state index in [1.165, 1.54) is 26.1 Å². The molecule has 0 spiro atoms. The molecule has 1 aromatic heterocycles. The number of nitrogens with two attached hydrogens (primary N) is 1. The van der Waals surface area contributed by atoms with E-state index in [1.807, 2.05) is 0 Å². The predicted octanol–water partition coefficient (Wildman–Crippen LogP) is 0.725. The quantitative estimate of drug-likeness (QED) is 0.0832. The summed E-state index contributed by atoms with van der Waals surface area (Å²) in [5, 5.41) is 22.6. The number of esters is 1. The molecule has 40 heavy (non-hydrogen) atoms. The van der Waals surface area contributed by atoms with Gasteiger partial charge in [0.25, 0.3) is 0 Å². The minimum atomic E-state index is -4.37. The van der Waals surface area contributed by atoms with Gasteiger partial charge < -0.3 is 0 Å². The van der Waals surface area contributed by atoms with Crippen molar-refractivity contribution in [1.29, 1.82) is 0 Å². The zero-order chi connectivity index (χ0) is 30.5. The number of halogens is 1. The third-order valence-electron chi connectivity index (χ3n) is 5.93. The molecule has 0 unspecified atom stereocenters. The number of rotatable bonds is 14. The number of anilines is 1. The number of carbonyl (C=O) groups excluding carboxylic acids is 2. The molecule has 230 valence electrons. The Balaban J connectivity index is 2.15. The summed E-state index contributed by atoms with van der Waals surface area (Å²) in [7, 11) is -4.37. The van der Waals surface area contributed by atoms with Gasteiger partial charge in [0.2, 0.25) is 0 Å². The van der Waals surface area contributed by atoms with Crippen molar-refractivity contribution in [1.82, 2.24) is 14.6 Å². The summed E-state index contributed by atoms with van der Waals surface area (Å²) in [5.41, 5.74) is 3.86. The first kappa shape index (κ1) is 34.8. The number of nitrogens with zero attached hydrogens (tertiary/aromatic N) is 2. The van der Waals surface area contributed by atoms with E-state index in [2.05, 4.69) is 10.1 Å². The van der Waals surface area contributed by atoms with Crippen LogP contribution in [0.4, 0.5) is 5.82 Å². The molecule has 17 heteroatoms. The van der Waals surface area contributed by atoms with E-state index in [0.29, 0.717) is 0 Å². The molecule has 2 rings (SSSR count). The number of alkyl halides is 1. The van der Waals surface area contributed by atoms with Gasteiger partial charge in [-0.25, -0.2) is 0 Å². The number of nitrogen functional groups attached to an aromatic ring is 1. The molecule has 2 heterocycles. The van der Waals surface area contributed by atoms with Crippen LogP contribution in [0, 0.1) is 5.41 Å². The fraction of sp³-hybridized carbons (Fsp3) is 0.739. The fourth-order valence-corrected chi connectivity index (χ4v) is 6.45. The molecule has 1 saturated heterocycles. The zero-order valence-electron chi connectivity index (χ0n) is 23.3. The molecule has 5 atom stereocenters. The number of nitrogens with one attached hydrogen (secondary N) is 1. The van der Waals surface area contributed by atoms with Gasteiger partial charge in [-0.05, 0) is 0 Å². The second-order valence-electron chi connectivity index (χ2n) is 10.4. The third-order valence-corrected chi connectivity index (χ3v) is 9.48. The number of aliphatic hydroxyl groups is 2. The Morgan fingerprint density at radius 2 is 2.02 bits per heavy atom. The van der Waals surface area contributed by atoms with Crippen LogP contribution in [0.5, 0.6) is 0 Å². The van der Waals surface area contributed by atoms with E-state index < -0.39 is 67.2 Å². The Morgan fingerprint density at radius 1 is 1.38 bits per heavy atom. The van der Waals surface area contributed by atoms with Gasteiger partial charge in [0, 0.05) is 0 Å². The zero-order valence-corrected chi connectivity index (χ0v) is 25.9. The Kier molecular flexibility index (Phi) is 12.3. The van der Waals surface area contributed by atoms with Gasteiger partial charge in [0.05, 0.1) is 0 Å². The van der Waals surface area contributed by atoms with E-state index >= 15 is 0 Å². The van der Waals surface area contributed by atoms with Gasteiger partial charge >= 0.3 is 243 Å². The first-order valence-corrected chi connectivity index (χ1v) is 15.7. The van der Waals surface area contributed by atoms with Crippen LogP contribution in [0.15, 0.2) is 17.1 Å². The van der Waals surface area contributed by atoms with Crippen LogP contribution in [0.25, 0.3) is 0 Å². The topological polar surface area (TPSA) is 205 Å². The molecule has 0 bridgehead atoms. The van der Waals surface area contributed by atoms with Crippen molar-refractivity contribution in [3.8, 4) is 0 Å². The maximum atomic E-state index is 12.4. The Hall–Kier alpha value is -1.39. The number of thioether (sulfide) groups is 1. The molecule has 1 aliphatic heterocycles. The SMILES string of the molecule is CC(C)OC(=O)[C@H](C)N[PH](O)(OCCSC(=O)C(C)(C)CO)OC[C@H]1O[C@@H](n2ccc(N)nc2=O)[C@](C)(Cl)[C@@H]1O. The molecule has 14 nitrogen and oxygen atoms in total. The molecule has 0 amide bonds. The van der Waals surface area contributed by atoms with Crippen LogP contribution in [-0.4, -0.2) is 90.5 Å². The van der Waals surface area contributed by atoms with Crippen molar-refractivity contribution < 1.29 is 43.2 Å². The average molecular weight is 631 g/mol. The Labute approximate surface area is 242 Å². The standard InChI is InChI=1S/C23H40ClN4O10PS/c1-13(2)37-18(31)14(3)27-39(34,35-9-10-40-20(32)22(4,5)12-29)36-11-15-17(30)23(6,24)19(38-15)28-8-7-16(25)26-21(28)33/h7-8,13-15,17,19,27,29-30,34,39H,9-12H2,1-6H3,(H2,25,26,33)/t14-,15+,17+,19+,23+/m0/s1. The Bertz CT molecular complexity index is 1090. The summed E-state index contributed by atoms with van der Waals surface area (Å²) in [5.74, 6) is -0.548. The second kappa shape index (κ2) is 14.2. The third kappa shape index (κ3) is 9.05. The summed E-state index contributed by atoms with van der Waals surface area (Å²) in [6, 6.07) is 0.334. The molecule has 0 radical (unpaired) electrons. The number of hydrogen-bond acceptors (Lipinski definition) is 14. The molecule has 1 aromatic rings. The predicted molar refractivity (Wildman–Crippen MR) is 152 cm³/mol. The van der Waals surface area contributed by atoms with Crippen LogP contribution in [-0.2, 0) is 28.1 Å². The van der Waals surface area contributed by atoms with Crippen molar-refractivity contribution >= 4 is 48.4 Å². The van der Waals surface area contributed by atoms with E-state index in [1.54, 1.807) is 27.7 Å². The maximum absolute atomic E-state index is 12.4. The van der Waals surface area contributed by atoms with Crippen molar-refractivity contribution in [3.63, 3.8) is 0 Å². The van der Waals surface area contributed by atoms with Crippen LogP contribution in [0.2, 0.25) is 0 Å². The number of ether oxygens (including phenoxy) is 2. The van der Waals surface area contributed by atoms with E-state index in [0.717, 1.165) is 16.3 Å². The van der Waals surface area contributed by atoms with Crippen molar-refractivity contribution in [2.24, 2.45) is 5.41 Å². The molecule has 0 aromatic carbocycles. The first-order chi connectivity index (χ1) is 18.4. The van der Waals surface area contributed by atoms with Crippen LogP contribution >= 0.6 is 31.5 Å². The average Bonchev–Trinajstić information content (AvgIpc) is 3.08. The number of carbonyl (C=O) groups is 2. The Morgan fingerprint density at radius 3 is 2.60 bits per heavy atom. The summed E-state index contributed by atoms with van der Waals surface area (Å²) in [4.78, 5) is 50.4. The summed E-state index contributed by atoms with van der Waals surface area (Å²) < 4.78 is 23.4. The molecule has 0 saturated carbocycles. The van der Waals surface area contributed by atoms with Gasteiger partial charge in [-0.2, -0.15) is 0 Å². The van der Waals surface area contributed by atoms with Crippen molar-refractivity contribution in [3.05, 3.63) is 22.7 Å². The summed E-state index contributed by atoms with van der Waals surface area (Å²) >= 11 is 7.48. The second-order valence-corrected chi connectivity index (χ2v) is 14.3. The van der Waals surface area contributed by atoms with Gasteiger partial charge in [0.15, 0.2) is 0 Å². The molecular weight excluding hydrogens is 591 g/mol. The van der Waals surface area contributed by atoms with Crippen LogP contribution in [0.1, 0.15) is 47.8 Å². The van der Waals surface area contributed by atoms with Crippen molar-refractivity contribution in [2.45, 2.75) is 77.0 Å². The molecule has 0 aliphatic carbocycles. The normalized spacial score (nSPS) is 24.7. The molecular formula is C23H40ClN4O10PS. The van der Waals surface area contributed by atoms with Gasteiger partial charge in [-0.1, -0.05) is 0 Å². The summed E-state index contributed by atoms with van der Waals surface area (Å²) in [6.07, 6.45) is -2.71. The molecule has 1 aliphatic rings. The fourth-order valence-electron chi connectivity index (χ4n) is 3.52. The molecule has 6 N–H and O–H groups in total. The molecule has 1 fully saturated rings. The number of aliphatic hydroxyl groups excluding tert-OH is 2. The van der Waals surface area contributed by atoms with Crippen molar-refractivity contribution in [2.75, 3.05) is 31.3 Å². The summed E-state index contributed by atoms with van der Waals surface area (Å²) in [6.45, 7) is 8.52. The van der Waals surface area contributed by atoms with E-state index in [4.69, 9.17) is 35.9 Å². The van der Waals surface area contributed by atoms with E-state index in [9.17, 15) is 29.5 Å². The van der Waals surface area contributed by atoms with Gasteiger partial charge in [-0.3, -0.25) is 0 Å². The minimum absolute atomic E-state index is 0.000132. The first-order valence-electron chi connectivity index (χ1n) is 12.6.